The van der Waals surface area contributed by atoms with Gasteiger partial charge in [-0.25, -0.2) is 0 Å². The Morgan fingerprint density at radius 2 is 1.68 bits per heavy atom. The summed E-state index contributed by atoms with van der Waals surface area (Å²) in [5.74, 6) is -0.593. The molecular weight excluding hydrogens is 284 g/mol. The Morgan fingerprint density at radius 1 is 1.14 bits per heavy atom. The van der Waals surface area contributed by atoms with Crippen LogP contribution in [-0.4, -0.2) is 38.0 Å². The molecule has 6 heteroatoms. The molecule has 6 nitrogen and oxygen atoms in total. The largest absolute Gasteiger partial charge is 0.385 e. The molecule has 2 bridgehead atoms. The smallest absolute Gasteiger partial charge is 0.232 e. The van der Waals surface area contributed by atoms with Crippen molar-refractivity contribution < 1.29 is 19.1 Å². The third-order valence-electron chi connectivity index (χ3n) is 5.02. The van der Waals surface area contributed by atoms with Crippen LogP contribution < -0.4 is 10.6 Å². The molecule has 3 amide bonds. The Hall–Kier alpha value is -1.43. The van der Waals surface area contributed by atoms with Gasteiger partial charge in [0.25, 0.3) is 0 Å². The van der Waals surface area contributed by atoms with Crippen LogP contribution in [0.25, 0.3) is 0 Å². The summed E-state index contributed by atoms with van der Waals surface area (Å²) < 4.78 is 4.97. The lowest BCUT2D eigenvalue weighted by Crippen LogP contribution is -2.63. The van der Waals surface area contributed by atoms with E-state index in [0.717, 1.165) is 6.42 Å². The number of carbonyl (C=O) groups is 3. The average Bonchev–Trinajstić information content (AvgIpc) is 2.40. The molecule has 2 atom stereocenters. The fourth-order valence-electron chi connectivity index (χ4n) is 4.29. The first kappa shape index (κ1) is 16.9. The second-order valence-electron chi connectivity index (χ2n) is 7.60. The van der Waals surface area contributed by atoms with Crippen molar-refractivity contribution in [1.82, 2.24) is 10.6 Å². The van der Waals surface area contributed by atoms with Crippen molar-refractivity contribution >= 4 is 17.7 Å². The zero-order chi connectivity index (χ0) is 16.6. The first-order valence-corrected chi connectivity index (χ1v) is 7.78. The molecule has 1 saturated heterocycles. The second kappa shape index (κ2) is 5.65. The Labute approximate surface area is 131 Å². The number of hydrogen-bond donors (Lipinski definition) is 2. The average molecular weight is 310 g/mol. The normalized spacial score (nSPS) is 37.6. The quantitative estimate of drug-likeness (QED) is 0.586. The van der Waals surface area contributed by atoms with Gasteiger partial charge in [-0.15, -0.1) is 0 Å². The molecule has 0 aromatic rings. The van der Waals surface area contributed by atoms with Crippen LogP contribution in [0.2, 0.25) is 0 Å². The lowest BCUT2D eigenvalue weighted by Gasteiger charge is -2.53. The van der Waals surface area contributed by atoms with Gasteiger partial charge in [-0.2, -0.15) is 0 Å². The highest BCUT2D eigenvalue weighted by Crippen LogP contribution is 2.56. The summed E-state index contributed by atoms with van der Waals surface area (Å²) in [5.41, 5.74) is -2.04. The van der Waals surface area contributed by atoms with Gasteiger partial charge in [-0.1, -0.05) is 20.8 Å². The maximum Gasteiger partial charge on any atom is 0.232 e. The maximum absolute atomic E-state index is 12.6. The lowest BCUT2D eigenvalue weighted by atomic mass is 9.52. The van der Waals surface area contributed by atoms with E-state index in [1.807, 2.05) is 20.8 Å². The van der Waals surface area contributed by atoms with Gasteiger partial charge in [0.15, 0.2) is 0 Å². The molecule has 0 radical (unpaired) electrons. The van der Waals surface area contributed by atoms with Gasteiger partial charge in [0.2, 0.25) is 17.7 Å². The van der Waals surface area contributed by atoms with Crippen LogP contribution in [0.5, 0.6) is 0 Å². The van der Waals surface area contributed by atoms with Crippen molar-refractivity contribution in [3.05, 3.63) is 0 Å². The van der Waals surface area contributed by atoms with Gasteiger partial charge < -0.3 is 10.1 Å². The molecule has 124 valence electrons. The number of nitrogens with one attached hydrogen (secondary N) is 2. The number of fused-ring (bicyclic) bond motifs is 2. The monoisotopic (exact) mass is 310 g/mol. The minimum Gasteiger partial charge on any atom is -0.385 e. The molecule has 1 heterocycles. The number of carbonyl (C=O) groups excluding carboxylic acids is 3. The van der Waals surface area contributed by atoms with Crippen molar-refractivity contribution in [2.24, 2.45) is 16.2 Å². The molecule has 1 aliphatic heterocycles. The summed E-state index contributed by atoms with van der Waals surface area (Å²) in [5, 5.41) is 5.39. The van der Waals surface area contributed by atoms with Crippen molar-refractivity contribution in [2.75, 3.05) is 20.3 Å². The predicted octanol–water partition coefficient (Wildman–Crippen LogP) is 0.998. The summed E-state index contributed by atoms with van der Waals surface area (Å²) in [6.45, 7) is 6.69. The first-order valence-electron chi connectivity index (χ1n) is 7.78. The minimum absolute atomic E-state index is 0.0803. The van der Waals surface area contributed by atoms with Gasteiger partial charge in [0, 0.05) is 36.5 Å². The van der Waals surface area contributed by atoms with Crippen LogP contribution in [0.3, 0.4) is 0 Å². The van der Waals surface area contributed by atoms with E-state index in [1.165, 1.54) is 0 Å². The number of ether oxygens (including phenoxy) is 1. The van der Waals surface area contributed by atoms with E-state index in [0.29, 0.717) is 32.4 Å². The van der Waals surface area contributed by atoms with Crippen molar-refractivity contribution in [3.63, 3.8) is 0 Å². The summed E-state index contributed by atoms with van der Waals surface area (Å²) >= 11 is 0. The van der Waals surface area contributed by atoms with Crippen LogP contribution in [0.4, 0.5) is 0 Å². The number of amides is 3. The molecule has 2 N–H and O–H groups in total. The highest BCUT2D eigenvalue weighted by molar-refractivity contribution is 6.04. The maximum atomic E-state index is 12.6. The summed E-state index contributed by atoms with van der Waals surface area (Å²) in [6.07, 6.45) is 2.18. The number of hydrogen-bond acceptors (Lipinski definition) is 4. The Kier molecular flexibility index (Phi) is 4.35. The highest BCUT2D eigenvalue weighted by Gasteiger charge is 2.60. The molecular formula is C16H26N2O4. The third-order valence-corrected chi connectivity index (χ3v) is 5.02. The van der Waals surface area contributed by atoms with E-state index in [-0.39, 0.29) is 17.7 Å². The Bertz CT molecular complexity index is 476. The summed E-state index contributed by atoms with van der Waals surface area (Å²) in [4.78, 5) is 37.0. The number of imide groups is 1. The molecule has 2 fully saturated rings. The molecule has 2 rings (SSSR count). The number of methoxy groups -OCH3 is 1. The zero-order valence-corrected chi connectivity index (χ0v) is 13.9. The van der Waals surface area contributed by atoms with Crippen LogP contribution in [-0.2, 0) is 19.1 Å². The molecule has 1 aliphatic carbocycles. The van der Waals surface area contributed by atoms with Gasteiger partial charge in [0.05, 0.1) is 0 Å². The van der Waals surface area contributed by atoms with E-state index in [4.69, 9.17) is 4.74 Å². The molecule has 0 aromatic carbocycles. The highest BCUT2D eigenvalue weighted by atomic mass is 16.5. The zero-order valence-electron chi connectivity index (χ0n) is 13.9. The topological polar surface area (TPSA) is 84.5 Å². The van der Waals surface area contributed by atoms with E-state index >= 15 is 0 Å². The molecule has 2 unspecified atom stereocenters. The summed E-state index contributed by atoms with van der Waals surface area (Å²) in [6, 6.07) is 0. The molecule has 1 saturated carbocycles. The number of piperidine rings is 1. The Morgan fingerprint density at radius 3 is 2.18 bits per heavy atom. The van der Waals surface area contributed by atoms with Gasteiger partial charge in [-0.05, 0) is 25.7 Å². The predicted molar refractivity (Wildman–Crippen MR) is 80.8 cm³/mol. The molecule has 22 heavy (non-hydrogen) atoms. The lowest BCUT2D eigenvalue weighted by molar-refractivity contribution is -0.164. The second-order valence-corrected chi connectivity index (χ2v) is 7.60. The van der Waals surface area contributed by atoms with Crippen molar-refractivity contribution in [2.45, 2.75) is 46.5 Å². The first-order chi connectivity index (χ1) is 10.2. The fraction of sp³-hybridized carbons (Fsp3) is 0.812. The molecule has 0 aromatic heterocycles. The molecule has 2 aliphatic rings. The van der Waals surface area contributed by atoms with E-state index < -0.39 is 16.2 Å². The van der Waals surface area contributed by atoms with Crippen LogP contribution in [0.15, 0.2) is 0 Å². The third kappa shape index (κ3) is 2.89. The number of rotatable bonds is 5. The van der Waals surface area contributed by atoms with Crippen molar-refractivity contribution in [3.8, 4) is 0 Å². The van der Waals surface area contributed by atoms with Crippen LogP contribution >= 0.6 is 0 Å². The van der Waals surface area contributed by atoms with Gasteiger partial charge in [-0.3, -0.25) is 19.7 Å². The van der Waals surface area contributed by atoms with E-state index in [9.17, 15) is 14.4 Å². The van der Waals surface area contributed by atoms with Crippen LogP contribution in [0, 0.1) is 16.2 Å². The van der Waals surface area contributed by atoms with Gasteiger partial charge >= 0.3 is 0 Å². The minimum atomic E-state index is -0.706. The van der Waals surface area contributed by atoms with E-state index in [1.54, 1.807) is 7.11 Å². The fourth-order valence-corrected chi connectivity index (χ4v) is 4.29. The standard InChI is InChI=1S/C16H26N2O4/c1-14(11(19)17-6-5-7-22-4)8-15(2)10-16(3,9-14)13(21)18-12(15)20/h5-10H2,1-4H3,(H,17,19)(H,18,20,21). The molecule has 0 spiro atoms. The van der Waals surface area contributed by atoms with Crippen molar-refractivity contribution in [1.29, 1.82) is 0 Å². The van der Waals surface area contributed by atoms with Crippen LogP contribution in [0.1, 0.15) is 46.5 Å². The summed E-state index contributed by atoms with van der Waals surface area (Å²) in [7, 11) is 1.62. The Balaban J connectivity index is 2.15. The van der Waals surface area contributed by atoms with Gasteiger partial charge in [0.1, 0.15) is 0 Å². The SMILES string of the molecule is COCCCNC(=O)C1(C)CC2(C)CC(C)(C1)C(=O)NC2=O. The van der Waals surface area contributed by atoms with E-state index in [2.05, 4.69) is 10.6 Å².